The SMILES string of the molecule is Cc1cccc(NC(=O)NCCc2c[nH]c3cc(OCc4ccccc4)ccc23)c1. The zero-order valence-corrected chi connectivity index (χ0v) is 16.9. The summed E-state index contributed by atoms with van der Waals surface area (Å²) < 4.78 is 5.90. The minimum atomic E-state index is -0.197. The molecule has 152 valence electrons. The number of aromatic nitrogens is 1. The van der Waals surface area contributed by atoms with E-state index in [2.05, 4.69) is 21.7 Å². The first kappa shape index (κ1) is 19.6. The number of ether oxygens (including phenoxy) is 1. The fourth-order valence-electron chi connectivity index (χ4n) is 3.41. The molecule has 5 nitrogen and oxygen atoms in total. The van der Waals surface area contributed by atoms with Gasteiger partial charge < -0.3 is 20.4 Å². The lowest BCUT2D eigenvalue weighted by molar-refractivity contribution is 0.252. The maximum Gasteiger partial charge on any atom is 0.319 e. The van der Waals surface area contributed by atoms with Crippen molar-refractivity contribution in [1.82, 2.24) is 10.3 Å². The van der Waals surface area contributed by atoms with E-state index in [0.29, 0.717) is 13.2 Å². The number of aryl methyl sites for hydroxylation is 1. The minimum Gasteiger partial charge on any atom is -0.489 e. The van der Waals surface area contributed by atoms with E-state index in [1.54, 1.807) is 0 Å². The van der Waals surface area contributed by atoms with Crippen molar-refractivity contribution in [2.24, 2.45) is 0 Å². The molecule has 1 heterocycles. The maximum absolute atomic E-state index is 12.1. The first-order valence-corrected chi connectivity index (χ1v) is 10.1. The summed E-state index contributed by atoms with van der Waals surface area (Å²) in [5, 5.41) is 6.92. The maximum atomic E-state index is 12.1. The van der Waals surface area contributed by atoms with Crippen molar-refractivity contribution in [2.45, 2.75) is 20.0 Å². The van der Waals surface area contributed by atoms with E-state index < -0.39 is 0 Å². The summed E-state index contributed by atoms with van der Waals surface area (Å²) in [7, 11) is 0. The van der Waals surface area contributed by atoms with Crippen LogP contribution in [-0.4, -0.2) is 17.6 Å². The van der Waals surface area contributed by atoms with Crippen LogP contribution in [0.3, 0.4) is 0 Å². The van der Waals surface area contributed by atoms with Gasteiger partial charge in [-0.2, -0.15) is 0 Å². The molecule has 0 radical (unpaired) electrons. The van der Waals surface area contributed by atoms with Gasteiger partial charge in [-0.3, -0.25) is 0 Å². The summed E-state index contributed by atoms with van der Waals surface area (Å²) in [6.45, 7) is 3.09. The molecule has 0 spiro atoms. The molecule has 0 saturated carbocycles. The molecule has 0 bridgehead atoms. The molecule has 5 heteroatoms. The highest BCUT2D eigenvalue weighted by Crippen LogP contribution is 2.24. The Balaban J connectivity index is 1.30. The van der Waals surface area contributed by atoms with Gasteiger partial charge in [-0.15, -0.1) is 0 Å². The molecule has 0 aliphatic heterocycles. The van der Waals surface area contributed by atoms with Gasteiger partial charge in [-0.25, -0.2) is 4.79 Å². The monoisotopic (exact) mass is 399 g/mol. The van der Waals surface area contributed by atoms with Gasteiger partial charge in [0.15, 0.2) is 0 Å². The van der Waals surface area contributed by atoms with E-state index in [4.69, 9.17) is 4.74 Å². The number of urea groups is 1. The summed E-state index contributed by atoms with van der Waals surface area (Å²) >= 11 is 0. The number of carbonyl (C=O) groups excluding carboxylic acids is 1. The lowest BCUT2D eigenvalue weighted by atomic mass is 10.1. The van der Waals surface area contributed by atoms with Gasteiger partial charge in [0.1, 0.15) is 12.4 Å². The van der Waals surface area contributed by atoms with Crippen LogP contribution in [0.25, 0.3) is 10.9 Å². The third-order valence-electron chi connectivity index (χ3n) is 4.94. The second-order valence-corrected chi connectivity index (χ2v) is 7.30. The molecule has 4 aromatic rings. The number of benzene rings is 3. The van der Waals surface area contributed by atoms with E-state index in [1.165, 1.54) is 0 Å². The Hall–Kier alpha value is -3.73. The van der Waals surface area contributed by atoms with Gasteiger partial charge in [0.25, 0.3) is 0 Å². The van der Waals surface area contributed by atoms with Crippen molar-refractivity contribution < 1.29 is 9.53 Å². The van der Waals surface area contributed by atoms with Crippen molar-refractivity contribution in [3.63, 3.8) is 0 Å². The van der Waals surface area contributed by atoms with Gasteiger partial charge >= 0.3 is 6.03 Å². The van der Waals surface area contributed by atoms with Crippen LogP contribution in [0, 0.1) is 6.92 Å². The van der Waals surface area contributed by atoms with E-state index in [-0.39, 0.29) is 6.03 Å². The molecule has 0 atom stereocenters. The van der Waals surface area contributed by atoms with Gasteiger partial charge in [0.2, 0.25) is 0 Å². The second kappa shape index (κ2) is 9.18. The Morgan fingerprint density at radius 3 is 2.70 bits per heavy atom. The molecular weight excluding hydrogens is 374 g/mol. The first-order valence-electron chi connectivity index (χ1n) is 10.1. The van der Waals surface area contributed by atoms with E-state index in [9.17, 15) is 4.79 Å². The molecule has 4 rings (SSSR count). The molecular formula is C25H25N3O2. The van der Waals surface area contributed by atoms with Gasteiger partial charge in [0, 0.05) is 35.4 Å². The van der Waals surface area contributed by atoms with Crippen LogP contribution in [0.4, 0.5) is 10.5 Å². The minimum absolute atomic E-state index is 0.197. The van der Waals surface area contributed by atoms with Crippen LogP contribution >= 0.6 is 0 Å². The number of rotatable bonds is 7. The van der Waals surface area contributed by atoms with E-state index >= 15 is 0 Å². The topological polar surface area (TPSA) is 66.2 Å². The zero-order chi connectivity index (χ0) is 20.8. The van der Waals surface area contributed by atoms with Crippen molar-refractivity contribution in [1.29, 1.82) is 0 Å². The lowest BCUT2D eigenvalue weighted by Gasteiger charge is -2.08. The van der Waals surface area contributed by atoms with Crippen LogP contribution < -0.4 is 15.4 Å². The molecule has 0 unspecified atom stereocenters. The number of hydrogen-bond acceptors (Lipinski definition) is 2. The van der Waals surface area contributed by atoms with Crippen LogP contribution in [0.2, 0.25) is 0 Å². The molecule has 2 amide bonds. The number of hydrogen-bond donors (Lipinski definition) is 3. The highest BCUT2D eigenvalue weighted by molar-refractivity contribution is 5.89. The number of H-pyrrole nitrogens is 1. The standard InChI is InChI=1S/C25H25N3O2/c1-18-6-5-9-21(14-18)28-25(29)26-13-12-20-16-27-24-15-22(10-11-23(20)24)30-17-19-7-3-2-4-8-19/h2-11,14-16,27H,12-13,17H2,1H3,(H2,26,28,29). The number of amides is 2. The molecule has 0 aliphatic carbocycles. The average Bonchev–Trinajstić information content (AvgIpc) is 3.15. The fraction of sp³-hybridized carbons (Fsp3) is 0.160. The number of anilines is 1. The smallest absolute Gasteiger partial charge is 0.319 e. The predicted molar refractivity (Wildman–Crippen MR) is 121 cm³/mol. The Bertz CT molecular complexity index is 1140. The second-order valence-electron chi connectivity index (χ2n) is 7.30. The van der Waals surface area contributed by atoms with Crippen molar-refractivity contribution in [2.75, 3.05) is 11.9 Å². The first-order chi connectivity index (χ1) is 14.7. The molecule has 3 aromatic carbocycles. The van der Waals surface area contributed by atoms with Crippen LogP contribution in [0.5, 0.6) is 5.75 Å². The molecule has 0 saturated heterocycles. The summed E-state index contributed by atoms with van der Waals surface area (Å²) in [4.78, 5) is 15.4. The van der Waals surface area contributed by atoms with Crippen molar-refractivity contribution >= 4 is 22.6 Å². The quantitative estimate of drug-likeness (QED) is 0.388. The zero-order valence-electron chi connectivity index (χ0n) is 16.9. The summed E-state index contributed by atoms with van der Waals surface area (Å²) in [6, 6.07) is 23.7. The molecule has 30 heavy (non-hydrogen) atoms. The van der Waals surface area contributed by atoms with Crippen LogP contribution in [0.15, 0.2) is 79.0 Å². The van der Waals surface area contributed by atoms with Gasteiger partial charge in [-0.05, 0) is 54.3 Å². The fourth-order valence-corrected chi connectivity index (χ4v) is 3.41. The largest absolute Gasteiger partial charge is 0.489 e. The Morgan fingerprint density at radius 1 is 1.00 bits per heavy atom. The Kier molecular flexibility index (Phi) is 5.99. The van der Waals surface area contributed by atoms with Crippen molar-refractivity contribution in [3.8, 4) is 5.75 Å². The normalized spacial score (nSPS) is 10.7. The lowest BCUT2D eigenvalue weighted by Crippen LogP contribution is -2.30. The predicted octanol–water partition coefficient (Wildman–Crippen LogP) is 5.42. The van der Waals surface area contributed by atoms with Gasteiger partial charge in [-0.1, -0.05) is 42.5 Å². The summed E-state index contributed by atoms with van der Waals surface area (Å²) in [5.41, 5.74) is 5.23. The molecule has 0 fully saturated rings. The molecule has 3 N–H and O–H groups in total. The van der Waals surface area contributed by atoms with Crippen LogP contribution in [0.1, 0.15) is 16.7 Å². The van der Waals surface area contributed by atoms with Crippen molar-refractivity contribution in [3.05, 3.63) is 95.7 Å². The number of fused-ring (bicyclic) bond motifs is 1. The highest BCUT2D eigenvalue weighted by Gasteiger charge is 2.07. The van der Waals surface area contributed by atoms with E-state index in [1.807, 2.05) is 79.9 Å². The molecule has 0 aliphatic rings. The third-order valence-corrected chi connectivity index (χ3v) is 4.94. The van der Waals surface area contributed by atoms with Gasteiger partial charge in [0.05, 0.1) is 0 Å². The average molecular weight is 399 g/mol. The van der Waals surface area contributed by atoms with Crippen LogP contribution in [-0.2, 0) is 13.0 Å². The highest BCUT2D eigenvalue weighted by atomic mass is 16.5. The summed E-state index contributed by atoms with van der Waals surface area (Å²) in [5.74, 6) is 0.829. The Labute approximate surface area is 176 Å². The molecule has 1 aromatic heterocycles. The third kappa shape index (κ3) is 5.00. The number of nitrogens with one attached hydrogen (secondary N) is 3. The Morgan fingerprint density at radius 2 is 1.87 bits per heavy atom. The number of carbonyl (C=O) groups is 1. The van der Waals surface area contributed by atoms with E-state index in [0.717, 1.165) is 45.5 Å². The summed E-state index contributed by atoms with van der Waals surface area (Å²) in [6.07, 6.45) is 2.73. The number of aromatic amines is 1.